The van der Waals surface area contributed by atoms with Crippen LogP contribution in [0.1, 0.15) is 16.3 Å². The van der Waals surface area contributed by atoms with Gasteiger partial charge in [0.05, 0.1) is 5.75 Å². The first-order valence-corrected chi connectivity index (χ1v) is 6.63. The van der Waals surface area contributed by atoms with Gasteiger partial charge in [-0.3, -0.25) is 9.59 Å². The third kappa shape index (κ3) is 8.32. The predicted octanol–water partition coefficient (Wildman–Crippen LogP) is 1.37. The Balaban J connectivity index is 0.000000534. The van der Waals surface area contributed by atoms with E-state index in [0.29, 0.717) is 23.6 Å². The molecule has 0 saturated carbocycles. The number of carboxylic acid groups (broad SMARTS) is 2. The second-order valence-electron chi connectivity index (χ2n) is 3.68. The van der Waals surface area contributed by atoms with Crippen LogP contribution in [-0.4, -0.2) is 46.4 Å². The molecule has 22 heavy (non-hydrogen) atoms. The van der Waals surface area contributed by atoms with E-state index in [4.69, 9.17) is 25.2 Å². The molecule has 1 aromatic rings. The summed E-state index contributed by atoms with van der Waals surface area (Å²) in [5.41, 5.74) is 5.30. The molecule has 7 nitrogen and oxygen atoms in total. The third-order valence-corrected chi connectivity index (χ3v) is 2.98. The van der Waals surface area contributed by atoms with Crippen LogP contribution in [-0.2, 0) is 15.3 Å². The summed E-state index contributed by atoms with van der Waals surface area (Å²) in [6, 6.07) is 2.39. The fourth-order valence-corrected chi connectivity index (χ4v) is 1.76. The molecule has 4 N–H and O–H groups in total. The molecule has 1 heterocycles. The Morgan fingerprint density at radius 1 is 1.36 bits per heavy atom. The van der Waals surface area contributed by atoms with Gasteiger partial charge < -0.3 is 20.4 Å². The fourth-order valence-electron chi connectivity index (χ4n) is 0.893. The zero-order chi connectivity index (χ0) is 17.3. The van der Waals surface area contributed by atoms with Gasteiger partial charge in [-0.05, 0) is 12.1 Å². The number of carbonyl (C=O) groups is 3. The first kappa shape index (κ1) is 20.0. The Bertz CT molecular complexity index is 516. The second-order valence-corrected chi connectivity index (χ2v) is 4.71. The molecule has 0 fully saturated rings. The van der Waals surface area contributed by atoms with Crippen LogP contribution in [0.15, 0.2) is 16.5 Å². The van der Waals surface area contributed by atoms with Gasteiger partial charge in [-0.25, -0.2) is 4.79 Å². The highest BCUT2D eigenvalue weighted by molar-refractivity contribution is 7.98. The molecule has 0 spiro atoms. The van der Waals surface area contributed by atoms with E-state index < -0.39 is 24.2 Å². The van der Waals surface area contributed by atoms with Gasteiger partial charge in [0, 0.05) is 5.75 Å². The highest BCUT2D eigenvalue weighted by Crippen LogP contribution is 2.15. The highest BCUT2D eigenvalue weighted by Gasteiger charge is 2.38. The van der Waals surface area contributed by atoms with Crippen molar-refractivity contribution in [1.29, 1.82) is 0 Å². The molecule has 124 valence electrons. The smallest absolute Gasteiger partial charge is 0.480 e. The number of halogens is 3. The van der Waals surface area contributed by atoms with E-state index >= 15 is 0 Å². The molecule has 1 unspecified atom stereocenters. The molecule has 0 aromatic carbocycles. The van der Waals surface area contributed by atoms with Gasteiger partial charge >= 0.3 is 18.1 Å². The van der Waals surface area contributed by atoms with Gasteiger partial charge in [0.25, 0.3) is 0 Å². The number of carbonyl (C=O) groups excluding carboxylic acids is 1. The molecule has 0 aliphatic heterocycles. The topological polar surface area (TPSA) is 131 Å². The van der Waals surface area contributed by atoms with Crippen LogP contribution in [0.3, 0.4) is 0 Å². The molecule has 0 saturated heterocycles. The Morgan fingerprint density at radius 2 is 1.91 bits per heavy atom. The van der Waals surface area contributed by atoms with E-state index in [1.807, 2.05) is 0 Å². The number of hydrogen-bond acceptors (Lipinski definition) is 6. The van der Waals surface area contributed by atoms with Gasteiger partial charge in [0.1, 0.15) is 11.8 Å². The summed E-state index contributed by atoms with van der Waals surface area (Å²) in [5.74, 6) is -2.04. The first-order chi connectivity index (χ1) is 10.1. The zero-order valence-corrected chi connectivity index (χ0v) is 11.7. The first-order valence-electron chi connectivity index (χ1n) is 5.48. The van der Waals surface area contributed by atoms with Crippen LogP contribution in [0.4, 0.5) is 13.2 Å². The van der Waals surface area contributed by atoms with Crippen LogP contribution in [0.5, 0.6) is 0 Å². The molecule has 11 heteroatoms. The molecule has 0 aliphatic rings. The standard InChI is InChI=1S/C9H11NO4S.C2HF3O2/c10-8(9(12)13)5-15-4-7-2-1-6(3-11)14-7;3-2(4,5)1(6)7/h1-3,8H,4-5,10H2,(H,12,13);(H,6,7). The number of rotatable bonds is 6. The lowest BCUT2D eigenvalue weighted by atomic mass is 10.4. The summed E-state index contributed by atoms with van der Waals surface area (Å²) in [4.78, 5) is 29.6. The van der Waals surface area contributed by atoms with E-state index in [1.165, 1.54) is 11.8 Å². The molecule has 1 rings (SSSR count). The average molecular weight is 343 g/mol. The molecule has 1 atom stereocenters. The maximum atomic E-state index is 10.6. The number of hydrogen-bond donors (Lipinski definition) is 3. The van der Waals surface area contributed by atoms with Crippen molar-refractivity contribution in [1.82, 2.24) is 0 Å². The van der Waals surface area contributed by atoms with Crippen LogP contribution >= 0.6 is 11.8 Å². The normalized spacial score (nSPS) is 12.0. The van der Waals surface area contributed by atoms with Crippen molar-refractivity contribution in [2.45, 2.75) is 18.0 Å². The minimum atomic E-state index is -5.08. The van der Waals surface area contributed by atoms with Crippen LogP contribution < -0.4 is 5.73 Å². The van der Waals surface area contributed by atoms with E-state index in [0.717, 1.165) is 0 Å². The largest absolute Gasteiger partial charge is 0.490 e. The highest BCUT2D eigenvalue weighted by atomic mass is 32.2. The lowest BCUT2D eigenvalue weighted by Crippen LogP contribution is -2.32. The summed E-state index contributed by atoms with van der Waals surface area (Å²) < 4.78 is 36.8. The van der Waals surface area contributed by atoms with Crippen molar-refractivity contribution >= 4 is 30.0 Å². The lowest BCUT2D eigenvalue weighted by Gasteiger charge is -2.03. The van der Waals surface area contributed by atoms with Gasteiger partial charge in [0.2, 0.25) is 0 Å². The molecule has 0 bridgehead atoms. The number of nitrogens with two attached hydrogens (primary N) is 1. The molecule has 0 radical (unpaired) electrons. The van der Waals surface area contributed by atoms with Gasteiger partial charge in [-0.2, -0.15) is 24.9 Å². The average Bonchev–Trinajstić information content (AvgIpc) is 2.86. The predicted molar refractivity (Wildman–Crippen MR) is 69.6 cm³/mol. The van der Waals surface area contributed by atoms with Crippen molar-refractivity contribution in [2.75, 3.05) is 5.75 Å². The minimum absolute atomic E-state index is 0.271. The van der Waals surface area contributed by atoms with E-state index in [9.17, 15) is 22.8 Å². The van der Waals surface area contributed by atoms with Crippen molar-refractivity contribution in [3.8, 4) is 0 Å². The maximum Gasteiger partial charge on any atom is 0.490 e. The van der Waals surface area contributed by atoms with Gasteiger partial charge in [-0.1, -0.05) is 0 Å². The number of furan rings is 1. The molecule has 1 aromatic heterocycles. The quantitative estimate of drug-likeness (QED) is 0.660. The monoisotopic (exact) mass is 343 g/mol. The second kappa shape index (κ2) is 9.10. The Morgan fingerprint density at radius 3 is 2.27 bits per heavy atom. The lowest BCUT2D eigenvalue weighted by molar-refractivity contribution is -0.192. The summed E-state index contributed by atoms with van der Waals surface area (Å²) in [6.45, 7) is 0. The van der Waals surface area contributed by atoms with E-state index in [-0.39, 0.29) is 5.76 Å². The number of thioether (sulfide) groups is 1. The number of carboxylic acids is 2. The fraction of sp³-hybridized carbons (Fsp3) is 0.364. The molecule has 0 aliphatic carbocycles. The molecular weight excluding hydrogens is 331 g/mol. The minimum Gasteiger partial charge on any atom is -0.480 e. The van der Waals surface area contributed by atoms with E-state index in [2.05, 4.69) is 0 Å². The number of aliphatic carboxylic acids is 2. The van der Waals surface area contributed by atoms with Crippen molar-refractivity contribution in [3.05, 3.63) is 23.7 Å². The molecular formula is C11H12F3NO6S. The van der Waals surface area contributed by atoms with Crippen LogP contribution in [0, 0.1) is 0 Å². The van der Waals surface area contributed by atoms with Crippen molar-refractivity contribution in [3.63, 3.8) is 0 Å². The van der Waals surface area contributed by atoms with Gasteiger partial charge in [-0.15, -0.1) is 0 Å². The molecule has 0 amide bonds. The van der Waals surface area contributed by atoms with Crippen LogP contribution in [0.2, 0.25) is 0 Å². The Kier molecular flexibility index (Phi) is 8.27. The Hall–Kier alpha value is -2.01. The Labute approximate surface area is 126 Å². The summed E-state index contributed by atoms with van der Waals surface area (Å²) in [7, 11) is 0. The van der Waals surface area contributed by atoms with Crippen LogP contribution in [0.25, 0.3) is 0 Å². The summed E-state index contributed by atoms with van der Waals surface area (Å²) in [6.07, 6.45) is -4.46. The maximum absolute atomic E-state index is 10.6. The SMILES string of the molecule is NC(CSCc1ccc(C=O)o1)C(=O)O.O=C(O)C(F)(F)F. The number of aldehydes is 1. The van der Waals surface area contributed by atoms with Crippen molar-refractivity contribution in [2.24, 2.45) is 5.73 Å². The zero-order valence-electron chi connectivity index (χ0n) is 10.9. The van der Waals surface area contributed by atoms with Crippen molar-refractivity contribution < 1.29 is 42.2 Å². The third-order valence-electron chi connectivity index (χ3n) is 1.90. The summed E-state index contributed by atoms with van der Waals surface area (Å²) >= 11 is 1.35. The number of alkyl halides is 3. The van der Waals surface area contributed by atoms with E-state index in [1.54, 1.807) is 12.1 Å². The summed E-state index contributed by atoms with van der Waals surface area (Å²) in [5, 5.41) is 15.6. The van der Waals surface area contributed by atoms with Gasteiger partial charge in [0.15, 0.2) is 12.0 Å².